The van der Waals surface area contributed by atoms with Crippen molar-refractivity contribution in [3.8, 4) is 5.75 Å². The van der Waals surface area contributed by atoms with Gasteiger partial charge in [0.1, 0.15) is 17.3 Å². The molecule has 0 bridgehead atoms. The van der Waals surface area contributed by atoms with E-state index in [1.807, 2.05) is 12.1 Å². The Kier molecular flexibility index (Phi) is 11.3. The third kappa shape index (κ3) is 8.11. The molecule has 0 amide bonds. The molecule has 234 valence electrons. The van der Waals surface area contributed by atoms with Crippen molar-refractivity contribution in [3.63, 3.8) is 0 Å². The van der Waals surface area contributed by atoms with E-state index in [-0.39, 0.29) is 11.9 Å². The molecular formula is C32H47F5O3S. The third-order valence-corrected chi connectivity index (χ3v) is 11.7. The maximum absolute atomic E-state index is 13.0. The van der Waals surface area contributed by atoms with Gasteiger partial charge in [0.15, 0.2) is 0 Å². The lowest BCUT2D eigenvalue weighted by Gasteiger charge is -2.51. The molecule has 1 aromatic rings. The molecule has 3 aliphatic rings. The van der Waals surface area contributed by atoms with E-state index in [9.17, 15) is 36.7 Å². The summed E-state index contributed by atoms with van der Waals surface area (Å²) in [5.41, 5.74) is 2.71. The maximum atomic E-state index is 13.0. The molecule has 4 rings (SSSR count). The van der Waals surface area contributed by atoms with E-state index in [2.05, 4.69) is 13.0 Å². The first-order chi connectivity index (χ1) is 19.4. The van der Waals surface area contributed by atoms with Crippen molar-refractivity contribution in [2.75, 3.05) is 11.5 Å². The molecule has 2 N–H and O–H groups in total. The van der Waals surface area contributed by atoms with Crippen LogP contribution in [0, 0.1) is 29.6 Å². The van der Waals surface area contributed by atoms with Gasteiger partial charge in [-0.25, -0.2) is 0 Å². The number of phenols is 1. The number of aliphatic hydroxyl groups is 1. The molecule has 0 spiro atoms. The van der Waals surface area contributed by atoms with Crippen LogP contribution in [-0.4, -0.2) is 44.5 Å². The van der Waals surface area contributed by atoms with E-state index in [1.165, 1.54) is 11.1 Å². The van der Waals surface area contributed by atoms with Gasteiger partial charge in [-0.3, -0.25) is 0 Å². The lowest BCUT2D eigenvalue weighted by Crippen LogP contribution is -2.45. The summed E-state index contributed by atoms with van der Waals surface area (Å²) in [7, 11) is 0. The van der Waals surface area contributed by atoms with E-state index in [0.717, 1.165) is 70.6 Å². The zero-order valence-corrected chi connectivity index (χ0v) is 25.0. The summed E-state index contributed by atoms with van der Waals surface area (Å²) in [4.78, 5) is 0. The fraction of sp³-hybridized carbons (Fsp3) is 0.812. The van der Waals surface area contributed by atoms with E-state index in [4.69, 9.17) is 0 Å². The fourth-order valence-corrected chi connectivity index (χ4v) is 9.60. The molecule has 2 fully saturated rings. The van der Waals surface area contributed by atoms with Crippen LogP contribution in [0.1, 0.15) is 107 Å². The highest BCUT2D eigenvalue weighted by Gasteiger charge is 2.56. The van der Waals surface area contributed by atoms with Crippen LogP contribution in [0.25, 0.3) is 0 Å². The van der Waals surface area contributed by atoms with Gasteiger partial charge in [-0.2, -0.15) is 22.0 Å². The van der Waals surface area contributed by atoms with Crippen LogP contribution in [0.2, 0.25) is 0 Å². The molecule has 0 radical (unpaired) electrons. The Labute approximate surface area is 244 Å². The lowest BCUT2D eigenvalue weighted by atomic mass is 9.54. The summed E-state index contributed by atoms with van der Waals surface area (Å²) >= 11 is -1.35. The number of benzene rings is 1. The Morgan fingerprint density at radius 2 is 1.56 bits per heavy atom. The zero-order chi connectivity index (χ0) is 29.8. The molecule has 0 aliphatic heterocycles. The summed E-state index contributed by atoms with van der Waals surface area (Å²) in [5.74, 6) is -0.938. The van der Waals surface area contributed by atoms with Crippen molar-refractivity contribution in [1.29, 1.82) is 0 Å². The van der Waals surface area contributed by atoms with Crippen LogP contribution in [0.5, 0.6) is 5.75 Å². The average Bonchev–Trinajstić information content (AvgIpc) is 3.28. The van der Waals surface area contributed by atoms with Gasteiger partial charge in [-0.15, -0.1) is 0 Å². The van der Waals surface area contributed by atoms with E-state index < -0.39 is 36.1 Å². The number of aromatic hydroxyl groups is 1. The van der Waals surface area contributed by atoms with Gasteiger partial charge in [-0.05, 0) is 110 Å². The van der Waals surface area contributed by atoms with Crippen LogP contribution in [0.15, 0.2) is 18.2 Å². The van der Waals surface area contributed by atoms with Gasteiger partial charge < -0.3 is 14.8 Å². The minimum atomic E-state index is -5.54. The van der Waals surface area contributed by atoms with Crippen LogP contribution in [-0.2, 0) is 17.6 Å². The van der Waals surface area contributed by atoms with Gasteiger partial charge in [0.25, 0.3) is 0 Å². The van der Waals surface area contributed by atoms with Crippen LogP contribution < -0.4 is 0 Å². The molecule has 9 heteroatoms. The summed E-state index contributed by atoms with van der Waals surface area (Å²) in [6.07, 6.45) is 5.00. The molecule has 0 heterocycles. The van der Waals surface area contributed by atoms with E-state index in [0.29, 0.717) is 53.4 Å². The van der Waals surface area contributed by atoms with Crippen LogP contribution in [0.3, 0.4) is 0 Å². The molecule has 8 atom stereocenters. The Morgan fingerprint density at radius 3 is 2.27 bits per heavy atom. The number of alkyl halides is 5. The second-order valence-corrected chi connectivity index (χ2v) is 14.7. The first kappa shape index (κ1) is 32.8. The largest absolute Gasteiger partial charge is 0.616 e. The molecule has 0 saturated heterocycles. The number of unbranched alkanes of at least 4 members (excludes halogenated alkanes) is 6. The van der Waals surface area contributed by atoms with E-state index >= 15 is 0 Å². The molecule has 0 aromatic heterocycles. The van der Waals surface area contributed by atoms with Crippen molar-refractivity contribution in [3.05, 3.63) is 29.3 Å². The zero-order valence-electron chi connectivity index (χ0n) is 24.2. The molecule has 3 nitrogen and oxygen atoms in total. The number of fused-ring (bicyclic) bond motifs is 5. The monoisotopic (exact) mass is 606 g/mol. The summed E-state index contributed by atoms with van der Waals surface area (Å²) in [6.45, 7) is 2.31. The third-order valence-electron chi connectivity index (χ3n) is 10.3. The minimum absolute atomic E-state index is 0.113. The van der Waals surface area contributed by atoms with Crippen molar-refractivity contribution in [2.24, 2.45) is 29.6 Å². The van der Waals surface area contributed by atoms with Crippen LogP contribution in [0.4, 0.5) is 22.0 Å². The second kappa shape index (κ2) is 14.1. The summed E-state index contributed by atoms with van der Waals surface area (Å²) in [5, 5.41) is 20.9. The maximum Gasteiger partial charge on any atom is 0.453 e. The van der Waals surface area contributed by atoms with Gasteiger partial charge in [0.2, 0.25) is 0 Å². The van der Waals surface area contributed by atoms with E-state index in [1.54, 1.807) is 0 Å². The SMILES string of the molecule is C[C@@H]1C[C@@H]2c3ccc(O)cc3C[C@@H](CCCCCCCCC[S+]([O-])CCCC(F)(F)C(F)(F)F)[C@H]2[C@@H]2CC[C@H](O)C12. The predicted octanol–water partition coefficient (Wildman–Crippen LogP) is 8.54. The topological polar surface area (TPSA) is 63.5 Å². The Hall–Kier alpha value is -1.06. The quantitative estimate of drug-likeness (QED) is 0.127. The van der Waals surface area contributed by atoms with Gasteiger partial charge in [0.05, 0.1) is 6.10 Å². The van der Waals surface area contributed by atoms with Crippen molar-refractivity contribution in [1.82, 2.24) is 0 Å². The lowest BCUT2D eigenvalue weighted by molar-refractivity contribution is -0.284. The highest BCUT2D eigenvalue weighted by atomic mass is 32.2. The highest BCUT2D eigenvalue weighted by Crippen LogP contribution is 2.59. The minimum Gasteiger partial charge on any atom is -0.616 e. The first-order valence-corrected chi connectivity index (χ1v) is 17.2. The summed E-state index contributed by atoms with van der Waals surface area (Å²) in [6, 6.07) is 5.93. The normalized spacial score (nSPS) is 30.5. The number of aliphatic hydroxyl groups excluding tert-OH is 1. The molecule has 2 saturated carbocycles. The number of hydrogen-bond acceptors (Lipinski definition) is 3. The number of phenolic OH excluding ortho intramolecular Hbond substituents is 1. The first-order valence-electron chi connectivity index (χ1n) is 15.7. The van der Waals surface area contributed by atoms with Gasteiger partial charge >= 0.3 is 12.1 Å². The Balaban J connectivity index is 1.15. The van der Waals surface area contributed by atoms with Crippen molar-refractivity contribution >= 4 is 11.2 Å². The van der Waals surface area contributed by atoms with Crippen molar-refractivity contribution in [2.45, 2.75) is 121 Å². The number of hydrogen-bond donors (Lipinski definition) is 2. The molecular weight excluding hydrogens is 559 g/mol. The van der Waals surface area contributed by atoms with Gasteiger partial charge in [-0.1, -0.05) is 56.3 Å². The number of rotatable bonds is 14. The van der Waals surface area contributed by atoms with Gasteiger partial charge in [0, 0.05) is 6.42 Å². The van der Waals surface area contributed by atoms with Crippen molar-refractivity contribution < 1.29 is 36.7 Å². The Bertz CT molecular complexity index is 973. The standard InChI is InChI=1S/C32H47F5O3S/c1-21-18-27-25-12-11-24(38)20-23(25)19-22(30(27)26-13-14-28(39)29(21)26)10-7-5-3-2-4-6-8-16-41(40)17-9-15-31(33,34)32(35,36)37/h11-12,20-22,26-30,38-39H,2-10,13-19H2,1H3/t21-,22-,26-,27-,28+,29?,30+,41?/m1/s1. The van der Waals surface area contributed by atoms with Crippen LogP contribution >= 0.6 is 0 Å². The number of halogens is 5. The predicted molar refractivity (Wildman–Crippen MR) is 153 cm³/mol. The molecule has 1 aromatic carbocycles. The Morgan fingerprint density at radius 1 is 0.902 bits per heavy atom. The second-order valence-electron chi connectivity index (χ2n) is 13.0. The molecule has 2 unspecified atom stereocenters. The fourth-order valence-electron chi connectivity index (χ4n) is 8.41. The molecule has 3 aliphatic carbocycles. The summed E-state index contributed by atoms with van der Waals surface area (Å²) < 4.78 is 74.5. The average molecular weight is 607 g/mol. The highest BCUT2D eigenvalue weighted by molar-refractivity contribution is 7.91. The molecule has 41 heavy (non-hydrogen) atoms. The smallest absolute Gasteiger partial charge is 0.453 e.